The molecular formula is C24H27N3O3. The van der Waals surface area contributed by atoms with E-state index < -0.39 is 0 Å². The number of benzene rings is 2. The molecule has 2 aliphatic rings. The van der Waals surface area contributed by atoms with Gasteiger partial charge in [-0.3, -0.25) is 14.5 Å². The molecule has 4 rings (SSSR count). The van der Waals surface area contributed by atoms with Crippen molar-refractivity contribution in [2.24, 2.45) is 0 Å². The van der Waals surface area contributed by atoms with Crippen LogP contribution in [0.15, 0.2) is 48.0 Å². The Labute approximate surface area is 177 Å². The number of carbonyl (C=O) groups excluding carboxylic acids is 2. The number of nitrogens with zero attached hydrogens (tertiary/aromatic N) is 2. The van der Waals surface area contributed by atoms with Crippen LogP contribution in [-0.4, -0.2) is 60.9 Å². The van der Waals surface area contributed by atoms with Gasteiger partial charge in [0.25, 0.3) is 5.91 Å². The monoisotopic (exact) mass is 405 g/mol. The smallest absolute Gasteiger partial charge is 0.253 e. The van der Waals surface area contributed by atoms with Crippen LogP contribution in [0.5, 0.6) is 5.75 Å². The van der Waals surface area contributed by atoms with Crippen LogP contribution in [-0.2, 0) is 9.59 Å². The zero-order valence-electron chi connectivity index (χ0n) is 17.5. The number of hydrogen-bond donors (Lipinski definition) is 1. The van der Waals surface area contributed by atoms with Gasteiger partial charge in [-0.15, -0.1) is 0 Å². The first-order valence-corrected chi connectivity index (χ1v) is 10.3. The van der Waals surface area contributed by atoms with E-state index in [1.54, 1.807) is 0 Å². The highest BCUT2D eigenvalue weighted by Crippen LogP contribution is 2.26. The van der Waals surface area contributed by atoms with E-state index in [9.17, 15) is 9.59 Å². The number of rotatable bonds is 4. The molecule has 2 aromatic rings. The third-order valence-electron chi connectivity index (χ3n) is 5.68. The predicted octanol–water partition coefficient (Wildman–Crippen LogP) is 2.86. The second-order valence-electron chi connectivity index (χ2n) is 7.88. The summed E-state index contributed by atoms with van der Waals surface area (Å²) < 4.78 is 5.72. The number of amides is 2. The summed E-state index contributed by atoms with van der Waals surface area (Å²) >= 11 is 0. The Hall–Kier alpha value is -3.12. The highest BCUT2D eigenvalue weighted by Gasteiger charge is 2.26. The molecule has 0 bridgehead atoms. The number of fused-ring (bicyclic) bond motifs is 1. The molecule has 2 aliphatic heterocycles. The molecule has 1 N–H and O–H groups in total. The van der Waals surface area contributed by atoms with E-state index in [1.165, 1.54) is 0 Å². The molecule has 0 spiro atoms. The maximum Gasteiger partial charge on any atom is 0.253 e. The molecule has 2 amide bonds. The Kier molecular flexibility index (Phi) is 5.86. The average molecular weight is 405 g/mol. The van der Waals surface area contributed by atoms with Gasteiger partial charge in [-0.2, -0.15) is 0 Å². The fourth-order valence-electron chi connectivity index (χ4n) is 3.95. The molecule has 0 aromatic heterocycles. The van der Waals surface area contributed by atoms with E-state index >= 15 is 0 Å². The molecule has 6 nitrogen and oxygen atoms in total. The Morgan fingerprint density at radius 1 is 0.967 bits per heavy atom. The number of hydrogen-bond acceptors (Lipinski definition) is 4. The summed E-state index contributed by atoms with van der Waals surface area (Å²) in [5.41, 5.74) is 4.62. The fraction of sp³-hybridized carbons (Fsp3) is 0.333. The standard InChI is InChI=1S/C24H27N3O3/c1-17-6-5-7-18(2)23(17)25-22(28)15-26-10-12-27(13-11-26)24(29)20-14-19-8-3-4-9-21(19)30-16-20/h3-9,14H,10-13,15-16H2,1-2H3,(H,25,28). The van der Waals surface area contributed by atoms with Crippen molar-refractivity contribution in [1.82, 2.24) is 9.80 Å². The van der Waals surface area contributed by atoms with Gasteiger partial charge in [-0.25, -0.2) is 0 Å². The maximum atomic E-state index is 12.9. The average Bonchev–Trinajstić information content (AvgIpc) is 2.76. The van der Waals surface area contributed by atoms with Crippen LogP contribution >= 0.6 is 0 Å². The molecule has 156 valence electrons. The molecule has 2 aromatic carbocycles. The van der Waals surface area contributed by atoms with Crippen molar-refractivity contribution in [2.45, 2.75) is 13.8 Å². The zero-order chi connectivity index (χ0) is 21.1. The van der Waals surface area contributed by atoms with Gasteiger partial charge in [0.1, 0.15) is 12.4 Å². The minimum absolute atomic E-state index is 0.0177. The van der Waals surface area contributed by atoms with Crippen molar-refractivity contribution in [3.63, 3.8) is 0 Å². The van der Waals surface area contributed by atoms with Crippen molar-refractivity contribution in [1.29, 1.82) is 0 Å². The van der Waals surface area contributed by atoms with Crippen LogP contribution in [0.1, 0.15) is 16.7 Å². The summed E-state index contributed by atoms with van der Waals surface area (Å²) in [6.07, 6.45) is 1.92. The number of para-hydroxylation sites is 2. The third kappa shape index (κ3) is 4.39. The molecule has 1 saturated heterocycles. The lowest BCUT2D eigenvalue weighted by molar-refractivity contribution is -0.129. The summed E-state index contributed by atoms with van der Waals surface area (Å²) in [5, 5.41) is 3.03. The summed E-state index contributed by atoms with van der Waals surface area (Å²) in [4.78, 5) is 29.3. The van der Waals surface area contributed by atoms with Crippen LogP contribution < -0.4 is 10.1 Å². The lowest BCUT2D eigenvalue weighted by Gasteiger charge is -2.35. The summed E-state index contributed by atoms with van der Waals surface area (Å²) in [5.74, 6) is 0.810. The van der Waals surface area contributed by atoms with Gasteiger partial charge >= 0.3 is 0 Å². The van der Waals surface area contributed by atoms with Crippen molar-refractivity contribution in [3.8, 4) is 5.75 Å². The lowest BCUT2D eigenvalue weighted by atomic mass is 10.1. The summed E-state index contributed by atoms with van der Waals surface area (Å²) in [7, 11) is 0. The van der Waals surface area contributed by atoms with Crippen molar-refractivity contribution < 1.29 is 14.3 Å². The topological polar surface area (TPSA) is 61.9 Å². The first-order valence-electron chi connectivity index (χ1n) is 10.3. The van der Waals surface area contributed by atoms with Crippen molar-refractivity contribution >= 4 is 23.6 Å². The number of piperazine rings is 1. The second-order valence-corrected chi connectivity index (χ2v) is 7.88. The lowest BCUT2D eigenvalue weighted by Crippen LogP contribution is -2.51. The number of nitrogens with one attached hydrogen (secondary N) is 1. The van der Waals surface area contributed by atoms with E-state index in [4.69, 9.17) is 4.74 Å². The molecule has 0 atom stereocenters. The first-order chi connectivity index (χ1) is 14.5. The number of aryl methyl sites for hydroxylation is 2. The van der Waals surface area contributed by atoms with Crippen LogP contribution in [0.2, 0.25) is 0 Å². The molecule has 0 aliphatic carbocycles. The molecule has 0 radical (unpaired) electrons. The van der Waals surface area contributed by atoms with Gasteiger partial charge in [-0.1, -0.05) is 36.4 Å². The molecule has 30 heavy (non-hydrogen) atoms. The van der Waals surface area contributed by atoms with Crippen LogP contribution in [0.3, 0.4) is 0 Å². The SMILES string of the molecule is Cc1cccc(C)c1NC(=O)CN1CCN(C(=O)C2=Cc3ccccc3OC2)CC1. The largest absolute Gasteiger partial charge is 0.488 e. The molecule has 0 unspecified atom stereocenters. The minimum Gasteiger partial charge on any atom is -0.488 e. The van der Waals surface area contributed by atoms with Gasteiger partial charge < -0.3 is 15.0 Å². The van der Waals surface area contributed by atoms with E-state index in [-0.39, 0.29) is 11.8 Å². The van der Waals surface area contributed by atoms with Gasteiger partial charge in [0.15, 0.2) is 0 Å². The fourth-order valence-corrected chi connectivity index (χ4v) is 3.95. The zero-order valence-corrected chi connectivity index (χ0v) is 17.5. The maximum absolute atomic E-state index is 12.9. The van der Waals surface area contributed by atoms with Crippen molar-refractivity contribution in [3.05, 3.63) is 64.7 Å². The normalized spacial score (nSPS) is 16.3. The summed E-state index contributed by atoms with van der Waals surface area (Å²) in [6.45, 7) is 7.18. The third-order valence-corrected chi connectivity index (χ3v) is 5.68. The van der Waals surface area contributed by atoms with Gasteiger partial charge in [0, 0.05) is 37.4 Å². The minimum atomic E-state index is -0.0211. The molecule has 1 fully saturated rings. The van der Waals surface area contributed by atoms with E-state index in [0.29, 0.717) is 44.9 Å². The van der Waals surface area contributed by atoms with Gasteiger partial charge in [-0.05, 0) is 37.1 Å². The Morgan fingerprint density at radius 3 is 2.40 bits per heavy atom. The highest BCUT2D eigenvalue weighted by atomic mass is 16.5. The molecule has 0 saturated carbocycles. The van der Waals surface area contributed by atoms with Crippen molar-refractivity contribution in [2.75, 3.05) is 44.6 Å². The predicted molar refractivity (Wildman–Crippen MR) is 117 cm³/mol. The Bertz CT molecular complexity index is 971. The molecule has 2 heterocycles. The van der Waals surface area contributed by atoms with Crippen LogP contribution in [0.4, 0.5) is 5.69 Å². The van der Waals surface area contributed by atoms with E-state index in [1.807, 2.05) is 67.3 Å². The second kappa shape index (κ2) is 8.71. The first kappa shape index (κ1) is 20.2. The quantitative estimate of drug-likeness (QED) is 0.850. The van der Waals surface area contributed by atoms with Crippen LogP contribution in [0, 0.1) is 13.8 Å². The Morgan fingerprint density at radius 2 is 1.67 bits per heavy atom. The number of anilines is 1. The van der Waals surface area contributed by atoms with E-state index in [0.717, 1.165) is 28.1 Å². The molecule has 6 heteroatoms. The summed E-state index contributed by atoms with van der Waals surface area (Å²) in [6, 6.07) is 13.7. The molecular weight excluding hydrogens is 378 g/mol. The Balaban J connectivity index is 1.30. The van der Waals surface area contributed by atoms with Crippen LogP contribution in [0.25, 0.3) is 6.08 Å². The number of ether oxygens (including phenoxy) is 1. The number of carbonyl (C=O) groups is 2. The highest BCUT2D eigenvalue weighted by molar-refractivity contribution is 5.99. The van der Waals surface area contributed by atoms with E-state index in [2.05, 4.69) is 10.2 Å². The van der Waals surface area contributed by atoms with Gasteiger partial charge in [0.2, 0.25) is 5.91 Å². The van der Waals surface area contributed by atoms with Gasteiger partial charge in [0.05, 0.1) is 12.1 Å².